The van der Waals surface area contributed by atoms with Gasteiger partial charge >= 0.3 is 0 Å². The first-order valence-electron chi connectivity index (χ1n) is 8.53. The van der Waals surface area contributed by atoms with Crippen LogP contribution in [0.2, 0.25) is 0 Å². The predicted molar refractivity (Wildman–Crippen MR) is 92.4 cm³/mol. The number of aryl methyl sites for hydroxylation is 2. The van der Waals surface area contributed by atoms with Crippen molar-refractivity contribution in [1.29, 1.82) is 0 Å². The number of carbonyl (C=O) groups excluding carboxylic acids is 1. The Morgan fingerprint density at radius 2 is 2.33 bits per heavy atom. The molecule has 2 aromatic heterocycles. The Hall–Kier alpha value is -2.21. The largest absolute Gasteiger partial charge is 0.352 e. The maximum absolute atomic E-state index is 12.4. The summed E-state index contributed by atoms with van der Waals surface area (Å²) in [6.45, 7) is 6.74. The minimum Gasteiger partial charge on any atom is -0.352 e. The normalized spacial score (nSPS) is 18.5. The Labute approximate surface area is 142 Å². The average Bonchev–Trinajstić information content (AvgIpc) is 2.88. The van der Waals surface area contributed by atoms with E-state index in [0.717, 1.165) is 49.4 Å². The summed E-state index contributed by atoms with van der Waals surface area (Å²) in [5.41, 5.74) is 4.11. The van der Waals surface area contributed by atoms with Crippen LogP contribution in [0, 0.1) is 13.8 Å². The summed E-state index contributed by atoms with van der Waals surface area (Å²) in [4.78, 5) is 18.9. The lowest BCUT2D eigenvalue weighted by atomic mass is 10.0. The Morgan fingerprint density at radius 3 is 3.04 bits per heavy atom. The molecule has 3 heterocycles. The summed E-state index contributed by atoms with van der Waals surface area (Å²) in [5, 5.41) is 10.3. The van der Waals surface area contributed by atoms with Gasteiger partial charge in [0.1, 0.15) is 0 Å². The maximum atomic E-state index is 12.4. The smallest absolute Gasteiger partial charge is 0.224 e. The predicted octanol–water partition coefficient (Wildman–Crippen LogP) is 1.74. The highest BCUT2D eigenvalue weighted by Crippen LogP contribution is 2.14. The molecule has 1 aliphatic rings. The standard InChI is InChI=1S/C18H25N5O/c1-13-17(14(2)22-21-13)9-18(24)20-16-6-4-8-23(12-16)11-15-5-3-7-19-10-15/h3,5,7,10,16H,4,6,8-9,11-12H2,1-2H3,(H,20,24)(H,21,22)/t16-/m1/s1. The molecule has 24 heavy (non-hydrogen) atoms. The number of hydrogen-bond donors (Lipinski definition) is 2. The van der Waals surface area contributed by atoms with Gasteiger partial charge in [0.2, 0.25) is 5.91 Å². The zero-order valence-corrected chi connectivity index (χ0v) is 14.4. The van der Waals surface area contributed by atoms with Gasteiger partial charge in [0, 0.05) is 42.8 Å². The van der Waals surface area contributed by atoms with Crippen LogP contribution >= 0.6 is 0 Å². The van der Waals surface area contributed by atoms with E-state index in [1.165, 1.54) is 5.56 Å². The summed E-state index contributed by atoms with van der Waals surface area (Å²) in [7, 11) is 0. The van der Waals surface area contributed by atoms with Gasteiger partial charge in [-0.15, -0.1) is 0 Å². The van der Waals surface area contributed by atoms with Gasteiger partial charge in [-0.05, 0) is 44.9 Å². The highest BCUT2D eigenvalue weighted by atomic mass is 16.1. The van der Waals surface area contributed by atoms with Crippen LogP contribution < -0.4 is 5.32 Å². The fraction of sp³-hybridized carbons (Fsp3) is 0.500. The third-order valence-corrected chi connectivity index (χ3v) is 4.62. The SMILES string of the molecule is Cc1n[nH]c(C)c1CC(=O)N[C@@H]1CCCN(Cc2cccnc2)C1. The number of aromatic amines is 1. The number of carbonyl (C=O) groups is 1. The first kappa shape index (κ1) is 16.6. The van der Waals surface area contributed by atoms with E-state index in [4.69, 9.17) is 0 Å². The second-order valence-electron chi connectivity index (χ2n) is 6.59. The van der Waals surface area contributed by atoms with Crippen molar-refractivity contribution in [3.63, 3.8) is 0 Å². The van der Waals surface area contributed by atoms with Gasteiger partial charge in [-0.3, -0.25) is 19.8 Å². The average molecular weight is 327 g/mol. The van der Waals surface area contributed by atoms with Crippen LogP contribution in [0.3, 0.4) is 0 Å². The molecule has 2 aromatic rings. The summed E-state index contributed by atoms with van der Waals surface area (Å²) in [5.74, 6) is 0.0795. The van der Waals surface area contributed by atoms with Crippen molar-refractivity contribution < 1.29 is 4.79 Å². The highest BCUT2D eigenvalue weighted by Gasteiger charge is 2.22. The number of hydrogen-bond acceptors (Lipinski definition) is 4. The van der Waals surface area contributed by atoms with Gasteiger partial charge in [-0.2, -0.15) is 5.10 Å². The van der Waals surface area contributed by atoms with Crippen molar-refractivity contribution >= 4 is 5.91 Å². The molecule has 128 valence electrons. The number of rotatable bonds is 5. The molecule has 0 aromatic carbocycles. The molecule has 1 fully saturated rings. The number of nitrogens with one attached hydrogen (secondary N) is 2. The minimum atomic E-state index is 0.0795. The fourth-order valence-electron chi connectivity index (χ4n) is 3.34. The molecule has 0 bridgehead atoms. The third kappa shape index (κ3) is 4.20. The van der Waals surface area contributed by atoms with Crippen LogP contribution in [-0.2, 0) is 17.8 Å². The summed E-state index contributed by atoms with van der Waals surface area (Å²) >= 11 is 0. The van der Waals surface area contributed by atoms with Crippen LogP contribution in [0.25, 0.3) is 0 Å². The first-order valence-corrected chi connectivity index (χ1v) is 8.53. The van der Waals surface area contributed by atoms with E-state index in [1.54, 1.807) is 6.20 Å². The summed E-state index contributed by atoms with van der Waals surface area (Å²) in [6, 6.07) is 4.28. The molecule has 0 radical (unpaired) electrons. The zero-order valence-electron chi connectivity index (χ0n) is 14.4. The molecule has 1 amide bonds. The van der Waals surface area contributed by atoms with Crippen molar-refractivity contribution in [2.24, 2.45) is 0 Å². The van der Waals surface area contributed by atoms with Crippen LogP contribution in [-0.4, -0.2) is 45.1 Å². The van der Waals surface area contributed by atoms with E-state index < -0.39 is 0 Å². The van der Waals surface area contributed by atoms with Crippen LogP contribution in [0.4, 0.5) is 0 Å². The molecule has 6 nitrogen and oxygen atoms in total. The zero-order chi connectivity index (χ0) is 16.9. The molecule has 0 unspecified atom stereocenters. The molecule has 3 rings (SSSR count). The number of amides is 1. The lowest BCUT2D eigenvalue weighted by Gasteiger charge is -2.33. The van der Waals surface area contributed by atoms with Crippen molar-refractivity contribution in [3.8, 4) is 0 Å². The number of piperidine rings is 1. The molecule has 1 saturated heterocycles. The molecule has 0 saturated carbocycles. The number of H-pyrrole nitrogens is 1. The van der Waals surface area contributed by atoms with Gasteiger partial charge < -0.3 is 5.32 Å². The van der Waals surface area contributed by atoms with Gasteiger partial charge in [0.05, 0.1) is 12.1 Å². The topological polar surface area (TPSA) is 73.9 Å². The van der Waals surface area contributed by atoms with E-state index >= 15 is 0 Å². The molecule has 0 aliphatic carbocycles. The monoisotopic (exact) mass is 327 g/mol. The van der Waals surface area contributed by atoms with Gasteiger partial charge in [-0.1, -0.05) is 6.07 Å². The second-order valence-corrected chi connectivity index (χ2v) is 6.59. The number of aromatic nitrogens is 3. The summed E-state index contributed by atoms with van der Waals surface area (Å²) < 4.78 is 0. The van der Waals surface area contributed by atoms with Gasteiger partial charge in [0.25, 0.3) is 0 Å². The molecular formula is C18H25N5O. The summed E-state index contributed by atoms with van der Waals surface area (Å²) in [6.07, 6.45) is 6.25. The minimum absolute atomic E-state index is 0.0795. The van der Waals surface area contributed by atoms with Crippen LogP contribution in [0.1, 0.15) is 35.4 Å². The Bertz CT molecular complexity index is 662. The quantitative estimate of drug-likeness (QED) is 0.877. The Morgan fingerprint density at radius 1 is 1.46 bits per heavy atom. The van der Waals surface area contributed by atoms with Crippen molar-refractivity contribution in [1.82, 2.24) is 25.4 Å². The number of pyridine rings is 1. The fourth-order valence-corrected chi connectivity index (χ4v) is 3.34. The third-order valence-electron chi connectivity index (χ3n) is 4.62. The van der Waals surface area contributed by atoms with Crippen LogP contribution in [0.5, 0.6) is 0 Å². The molecule has 2 N–H and O–H groups in total. The van der Waals surface area contributed by atoms with E-state index in [-0.39, 0.29) is 11.9 Å². The number of likely N-dealkylation sites (tertiary alicyclic amines) is 1. The van der Waals surface area contributed by atoms with Crippen molar-refractivity contribution in [2.45, 2.75) is 45.7 Å². The van der Waals surface area contributed by atoms with Gasteiger partial charge in [0.15, 0.2) is 0 Å². The highest BCUT2D eigenvalue weighted by molar-refractivity contribution is 5.79. The molecule has 6 heteroatoms. The Kier molecular flexibility index (Phi) is 5.25. The first-order chi connectivity index (χ1) is 11.6. The van der Waals surface area contributed by atoms with E-state index in [1.807, 2.05) is 26.1 Å². The molecular weight excluding hydrogens is 302 g/mol. The molecule has 0 spiro atoms. The van der Waals surface area contributed by atoms with Crippen molar-refractivity contribution in [3.05, 3.63) is 47.0 Å². The van der Waals surface area contributed by atoms with E-state index in [9.17, 15) is 4.79 Å². The van der Waals surface area contributed by atoms with E-state index in [0.29, 0.717) is 6.42 Å². The molecule has 1 atom stereocenters. The lowest BCUT2D eigenvalue weighted by molar-refractivity contribution is -0.121. The second kappa shape index (κ2) is 7.57. The Balaban J connectivity index is 1.52. The van der Waals surface area contributed by atoms with E-state index in [2.05, 4.69) is 31.5 Å². The molecule has 1 aliphatic heterocycles. The van der Waals surface area contributed by atoms with Crippen LogP contribution in [0.15, 0.2) is 24.5 Å². The van der Waals surface area contributed by atoms with Gasteiger partial charge in [-0.25, -0.2) is 0 Å². The van der Waals surface area contributed by atoms with Crippen molar-refractivity contribution in [2.75, 3.05) is 13.1 Å². The number of nitrogens with zero attached hydrogens (tertiary/aromatic N) is 3. The maximum Gasteiger partial charge on any atom is 0.224 e. The lowest BCUT2D eigenvalue weighted by Crippen LogP contribution is -2.47.